The van der Waals surface area contributed by atoms with Crippen molar-refractivity contribution in [2.45, 2.75) is 38.9 Å². The van der Waals surface area contributed by atoms with Crippen molar-refractivity contribution in [1.29, 1.82) is 0 Å². The molecular formula is C22H24O5. The predicted molar refractivity (Wildman–Crippen MR) is 103 cm³/mol. The Morgan fingerprint density at radius 1 is 0.778 bits per heavy atom. The lowest BCUT2D eigenvalue weighted by Gasteiger charge is -2.10. The maximum atomic E-state index is 6.16. The number of hydrogen-bond donors (Lipinski definition) is 0. The fourth-order valence-electron chi connectivity index (χ4n) is 3.43. The molecule has 0 amide bonds. The van der Waals surface area contributed by atoms with Gasteiger partial charge in [-0.3, -0.25) is 0 Å². The van der Waals surface area contributed by atoms with Crippen molar-refractivity contribution >= 4 is 21.9 Å². The Morgan fingerprint density at radius 2 is 1.22 bits per heavy atom. The van der Waals surface area contributed by atoms with Crippen LogP contribution in [-0.4, -0.2) is 38.6 Å². The second kappa shape index (κ2) is 6.73. The lowest BCUT2D eigenvalue weighted by Crippen LogP contribution is -2.06. The highest BCUT2D eigenvalue weighted by molar-refractivity contribution is 6.06. The van der Waals surface area contributed by atoms with Gasteiger partial charge in [-0.25, -0.2) is 0 Å². The van der Waals surface area contributed by atoms with Gasteiger partial charge in [-0.15, -0.1) is 0 Å². The Morgan fingerprint density at radius 3 is 1.59 bits per heavy atom. The lowest BCUT2D eigenvalue weighted by atomic mass is 10.0. The summed E-state index contributed by atoms with van der Waals surface area (Å²) in [5.74, 6) is 1.83. The summed E-state index contributed by atoms with van der Waals surface area (Å²) in [5.41, 5.74) is 4.09. The SMILES string of the molecule is CCc1cc2oc3cc(CC)c(OCC4CO4)cc3c2cc1OCC1CO1. The minimum atomic E-state index is 0.239. The zero-order chi connectivity index (χ0) is 18.4. The van der Waals surface area contributed by atoms with E-state index in [1.165, 1.54) is 0 Å². The van der Waals surface area contributed by atoms with Gasteiger partial charge in [0.25, 0.3) is 0 Å². The summed E-state index contributed by atoms with van der Waals surface area (Å²) in [6.07, 6.45) is 2.26. The van der Waals surface area contributed by atoms with E-state index in [1.54, 1.807) is 0 Å². The molecule has 3 aromatic rings. The molecule has 3 heterocycles. The average Bonchev–Trinajstić information content (AvgIpc) is 3.61. The minimum absolute atomic E-state index is 0.239. The number of hydrogen-bond acceptors (Lipinski definition) is 5. The third kappa shape index (κ3) is 3.37. The number of rotatable bonds is 8. The van der Waals surface area contributed by atoms with Crippen molar-refractivity contribution < 1.29 is 23.4 Å². The topological polar surface area (TPSA) is 56.7 Å². The molecule has 2 saturated heterocycles. The second-order valence-corrected chi connectivity index (χ2v) is 7.25. The molecule has 0 radical (unpaired) electrons. The predicted octanol–water partition coefficient (Wildman–Crippen LogP) is 4.27. The van der Waals surface area contributed by atoms with E-state index in [1.807, 2.05) is 0 Å². The number of epoxide rings is 2. The molecule has 2 aromatic carbocycles. The maximum absolute atomic E-state index is 6.16. The van der Waals surface area contributed by atoms with E-state index in [9.17, 15) is 0 Å². The van der Waals surface area contributed by atoms with Crippen molar-refractivity contribution in [3.8, 4) is 11.5 Å². The molecule has 2 aliphatic heterocycles. The van der Waals surface area contributed by atoms with Crippen LogP contribution in [0.5, 0.6) is 11.5 Å². The van der Waals surface area contributed by atoms with Crippen LogP contribution >= 0.6 is 0 Å². The highest BCUT2D eigenvalue weighted by atomic mass is 16.6. The zero-order valence-corrected chi connectivity index (χ0v) is 15.7. The molecule has 5 rings (SSSR count). The van der Waals surface area contributed by atoms with Crippen molar-refractivity contribution in [3.05, 3.63) is 35.4 Å². The van der Waals surface area contributed by atoms with Crippen molar-refractivity contribution in [2.24, 2.45) is 0 Å². The van der Waals surface area contributed by atoms with Crippen LogP contribution in [0.15, 0.2) is 28.7 Å². The molecule has 0 bridgehead atoms. The van der Waals surface area contributed by atoms with Crippen LogP contribution in [0.3, 0.4) is 0 Å². The highest BCUT2D eigenvalue weighted by Crippen LogP contribution is 2.38. The molecule has 0 spiro atoms. The summed E-state index contributed by atoms with van der Waals surface area (Å²) in [7, 11) is 0. The van der Waals surface area contributed by atoms with E-state index in [4.69, 9.17) is 23.4 Å². The van der Waals surface area contributed by atoms with Gasteiger partial charge in [0.15, 0.2) is 0 Å². The first-order valence-corrected chi connectivity index (χ1v) is 9.76. The number of aryl methyl sites for hydroxylation is 2. The Bertz CT molecular complexity index is 903. The van der Waals surface area contributed by atoms with Gasteiger partial charge in [-0.2, -0.15) is 0 Å². The first-order valence-electron chi connectivity index (χ1n) is 9.76. The first-order chi connectivity index (χ1) is 13.2. The first kappa shape index (κ1) is 16.9. The van der Waals surface area contributed by atoms with Crippen LogP contribution < -0.4 is 9.47 Å². The number of fused-ring (bicyclic) bond motifs is 3. The smallest absolute Gasteiger partial charge is 0.135 e. The normalized spacial score (nSPS) is 21.0. The Hall–Kier alpha value is -2.24. The van der Waals surface area contributed by atoms with Crippen LogP contribution in [0, 0.1) is 0 Å². The fraction of sp³-hybridized carbons (Fsp3) is 0.455. The Labute approximate surface area is 158 Å². The standard InChI is InChI=1S/C22H24O5/c1-3-13-5-21-17(7-19(13)25-11-15-9-23-15)18-8-20(26-12-16-10-24-16)14(4-2)6-22(18)27-21/h5-8,15-16H,3-4,9-12H2,1-2H3. The molecule has 2 atom stereocenters. The number of ether oxygens (including phenoxy) is 4. The van der Waals surface area contributed by atoms with Gasteiger partial charge in [0.2, 0.25) is 0 Å². The van der Waals surface area contributed by atoms with Crippen molar-refractivity contribution in [1.82, 2.24) is 0 Å². The van der Waals surface area contributed by atoms with Crippen LogP contribution in [0.4, 0.5) is 0 Å². The van der Waals surface area contributed by atoms with Gasteiger partial charge in [-0.05, 0) is 48.2 Å². The fourth-order valence-corrected chi connectivity index (χ4v) is 3.43. The van der Waals surface area contributed by atoms with E-state index in [0.29, 0.717) is 13.2 Å². The van der Waals surface area contributed by atoms with Gasteiger partial charge < -0.3 is 23.4 Å². The number of furan rings is 1. The molecule has 0 N–H and O–H groups in total. The van der Waals surface area contributed by atoms with Crippen molar-refractivity contribution in [2.75, 3.05) is 26.4 Å². The molecular weight excluding hydrogens is 344 g/mol. The third-order valence-corrected chi connectivity index (χ3v) is 5.25. The van der Waals surface area contributed by atoms with Gasteiger partial charge >= 0.3 is 0 Å². The van der Waals surface area contributed by atoms with E-state index in [-0.39, 0.29) is 12.2 Å². The molecule has 27 heavy (non-hydrogen) atoms. The van der Waals surface area contributed by atoms with Crippen LogP contribution in [0.1, 0.15) is 25.0 Å². The van der Waals surface area contributed by atoms with E-state index >= 15 is 0 Å². The molecule has 5 nitrogen and oxygen atoms in total. The third-order valence-electron chi connectivity index (χ3n) is 5.25. The van der Waals surface area contributed by atoms with Gasteiger partial charge in [-0.1, -0.05) is 13.8 Å². The quantitative estimate of drug-likeness (QED) is 0.556. The summed E-state index contributed by atoms with van der Waals surface area (Å²) >= 11 is 0. The van der Waals surface area contributed by atoms with Gasteiger partial charge in [0.1, 0.15) is 48.1 Å². The number of benzene rings is 2. The van der Waals surface area contributed by atoms with Crippen LogP contribution in [0.2, 0.25) is 0 Å². The van der Waals surface area contributed by atoms with Gasteiger partial charge in [0.05, 0.1) is 13.2 Å². The highest BCUT2D eigenvalue weighted by Gasteiger charge is 2.25. The van der Waals surface area contributed by atoms with E-state index in [2.05, 4.69) is 38.1 Å². The van der Waals surface area contributed by atoms with Crippen LogP contribution in [-0.2, 0) is 22.3 Å². The zero-order valence-electron chi connectivity index (χ0n) is 15.7. The summed E-state index contributed by atoms with van der Waals surface area (Å²) in [4.78, 5) is 0. The Kier molecular flexibility index (Phi) is 4.21. The summed E-state index contributed by atoms with van der Waals surface area (Å²) < 4.78 is 28.8. The molecule has 2 aliphatic rings. The second-order valence-electron chi connectivity index (χ2n) is 7.25. The molecule has 142 valence electrons. The lowest BCUT2D eigenvalue weighted by molar-refractivity contribution is 0.261. The van der Waals surface area contributed by atoms with E-state index < -0.39 is 0 Å². The molecule has 0 saturated carbocycles. The maximum Gasteiger partial charge on any atom is 0.135 e. The van der Waals surface area contributed by atoms with Gasteiger partial charge in [0, 0.05) is 10.8 Å². The summed E-state index contributed by atoms with van der Waals surface area (Å²) in [6, 6.07) is 8.40. The Balaban J connectivity index is 1.57. The summed E-state index contributed by atoms with van der Waals surface area (Å²) in [6.45, 7) is 7.05. The molecule has 2 fully saturated rings. The minimum Gasteiger partial charge on any atom is -0.490 e. The molecule has 1 aromatic heterocycles. The molecule has 2 unspecified atom stereocenters. The molecule has 0 aliphatic carbocycles. The van der Waals surface area contributed by atoms with Crippen molar-refractivity contribution in [3.63, 3.8) is 0 Å². The average molecular weight is 368 g/mol. The monoisotopic (exact) mass is 368 g/mol. The summed E-state index contributed by atoms with van der Waals surface area (Å²) in [5, 5.41) is 2.12. The van der Waals surface area contributed by atoms with Crippen LogP contribution in [0.25, 0.3) is 21.9 Å². The largest absolute Gasteiger partial charge is 0.490 e. The van der Waals surface area contributed by atoms with E-state index in [0.717, 1.165) is 70.6 Å². The molecule has 5 heteroatoms.